The minimum atomic E-state index is -0.246. The number of aliphatic hydroxyl groups excluding tert-OH is 1. The highest BCUT2D eigenvalue weighted by Crippen LogP contribution is 1.88. The lowest BCUT2D eigenvalue weighted by Gasteiger charge is -2.15. The Labute approximate surface area is 74.3 Å². The average molecular weight is 175 g/mol. The summed E-state index contributed by atoms with van der Waals surface area (Å²) in [5.41, 5.74) is 0. The average Bonchev–Trinajstić information content (AvgIpc) is 1.86. The van der Waals surface area contributed by atoms with Crippen LogP contribution in [-0.2, 0) is 0 Å². The van der Waals surface area contributed by atoms with Crippen molar-refractivity contribution in [1.29, 1.82) is 0 Å². The van der Waals surface area contributed by atoms with E-state index in [2.05, 4.69) is 23.6 Å². The van der Waals surface area contributed by atoms with Crippen LogP contribution in [0.4, 0.5) is 0 Å². The molecule has 0 saturated carbocycles. The Hall–Kier alpha value is 0.01000. The molecule has 0 radical (unpaired) electrons. The van der Waals surface area contributed by atoms with Gasteiger partial charge < -0.3 is 10.0 Å². The van der Waals surface area contributed by atoms with E-state index in [4.69, 9.17) is 5.11 Å². The van der Waals surface area contributed by atoms with Crippen molar-refractivity contribution in [1.82, 2.24) is 4.90 Å². The number of likely N-dealkylation sites (N-methyl/N-ethyl adjacent to an activating group) is 1. The first-order chi connectivity index (χ1) is 5.16. The van der Waals surface area contributed by atoms with E-state index in [1.807, 2.05) is 13.1 Å². The molecule has 0 aromatic carbocycles. The quantitative estimate of drug-likeness (QED) is 0.476. The zero-order valence-electron chi connectivity index (χ0n) is 7.20. The van der Waals surface area contributed by atoms with Gasteiger partial charge in [0.15, 0.2) is 0 Å². The first-order valence-corrected chi connectivity index (χ1v) is 4.42. The predicted octanol–water partition coefficient (Wildman–Crippen LogP) is 0.785. The molecular formula is C8H17NOS. The monoisotopic (exact) mass is 175 g/mol. The molecule has 0 aromatic heterocycles. The zero-order chi connectivity index (χ0) is 8.69. The molecule has 0 bridgehead atoms. The van der Waals surface area contributed by atoms with Crippen LogP contribution in [0.2, 0.25) is 0 Å². The highest BCUT2D eigenvalue weighted by atomic mass is 32.1. The highest BCUT2D eigenvalue weighted by Gasteiger charge is 1.98. The third-order valence-electron chi connectivity index (χ3n) is 1.27. The molecule has 0 aliphatic rings. The van der Waals surface area contributed by atoms with Gasteiger partial charge in [0.05, 0.1) is 6.10 Å². The van der Waals surface area contributed by atoms with Crippen molar-refractivity contribution in [3.63, 3.8) is 0 Å². The van der Waals surface area contributed by atoms with Gasteiger partial charge in [0.1, 0.15) is 0 Å². The molecule has 0 rings (SSSR count). The van der Waals surface area contributed by atoms with Gasteiger partial charge in [-0.25, -0.2) is 0 Å². The van der Waals surface area contributed by atoms with Crippen molar-refractivity contribution < 1.29 is 5.11 Å². The fraction of sp³-hybridized carbons (Fsp3) is 0.750. The van der Waals surface area contributed by atoms with Crippen LogP contribution in [-0.4, -0.2) is 42.0 Å². The molecule has 0 aliphatic heterocycles. The van der Waals surface area contributed by atoms with E-state index in [1.54, 1.807) is 6.92 Å². The Morgan fingerprint density at radius 1 is 1.55 bits per heavy atom. The van der Waals surface area contributed by atoms with Gasteiger partial charge >= 0.3 is 0 Å². The number of aliphatic hydroxyl groups is 1. The molecule has 0 aromatic rings. The summed E-state index contributed by atoms with van der Waals surface area (Å²) in [6.45, 7) is 3.39. The molecule has 0 fully saturated rings. The van der Waals surface area contributed by atoms with Crippen LogP contribution in [0.1, 0.15) is 6.92 Å². The maximum atomic E-state index is 9.00. The Morgan fingerprint density at radius 3 is 2.64 bits per heavy atom. The van der Waals surface area contributed by atoms with Gasteiger partial charge in [0.2, 0.25) is 0 Å². The van der Waals surface area contributed by atoms with Crippen molar-refractivity contribution in [2.75, 3.05) is 25.9 Å². The highest BCUT2D eigenvalue weighted by molar-refractivity contribution is 7.80. The number of rotatable bonds is 5. The van der Waals surface area contributed by atoms with Crippen LogP contribution in [0.25, 0.3) is 0 Å². The lowest BCUT2D eigenvalue weighted by Crippen LogP contribution is -2.27. The summed E-state index contributed by atoms with van der Waals surface area (Å²) in [5, 5.41) is 9.00. The van der Waals surface area contributed by atoms with Crippen LogP contribution in [0.15, 0.2) is 12.2 Å². The first kappa shape index (κ1) is 11.0. The molecule has 0 saturated heterocycles. The molecule has 2 nitrogen and oxygen atoms in total. The number of hydrogen-bond donors (Lipinski definition) is 2. The Balaban J connectivity index is 3.36. The van der Waals surface area contributed by atoms with Crippen molar-refractivity contribution >= 4 is 12.6 Å². The molecule has 0 spiro atoms. The molecular weight excluding hydrogens is 158 g/mol. The molecule has 0 amide bonds. The fourth-order valence-electron chi connectivity index (χ4n) is 0.855. The predicted molar refractivity (Wildman–Crippen MR) is 52.2 cm³/mol. The van der Waals surface area contributed by atoms with Crippen LogP contribution in [0.5, 0.6) is 0 Å². The first-order valence-electron chi connectivity index (χ1n) is 3.79. The van der Waals surface area contributed by atoms with Gasteiger partial charge in [-0.15, -0.1) is 0 Å². The largest absolute Gasteiger partial charge is 0.392 e. The van der Waals surface area contributed by atoms with Gasteiger partial charge in [-0.3, -0.25) is 0 Å². The lowest BCUT2D eigenvalue weighted by molar-refractivity contribution is 0.147. The van der Waals surface area contributed by atoms with E-state index < -0.39 is 0 Å². The molecule has 0 heterocycles. The Bertz CT molecular complexity index is 115. The van der Waals surface area contributed by atoms with E-state index in [1.165, 1.54) is 0 Å². The number of nitrogens with zero attached hydrogens (tertiary/aromatic N) is 1. The summed E-state index contributed by atoms with van der Waals surface area (Å²) in [6.07, 6.45) is 3.81. The van der Waals surface area contributed by atoms with Crippen molar-refractivity contribution in [3.8, 4) is 0 Å². The van der Waals surface area contributed by atoms with E-state index in [-0.39, 0.29) is 6.10 Å². The Kier molecular flexibility index (Phi) is 6.71. The van der Waals surface area contributed by atoms with Crippen molar-refractivity contribution in [2.45, 2.75) is 13.0 Å². The van der Waals surface area contributed by atoms with E-state index in [9.17, 15) is 0 Å². The normalized spacial score (nSPS) is 14.6. The summed E-state index contributed by atoms with van der Waals surface area (Å²) in [4.78, 5) is 2.06. The van der Waals surface area contributed by atoms with E-state index in [0.29, 0.717) is 0 Å². The molecule has 1 atom stereocenters. The van der Waals surface area contributed by atoms with Crippen LogP contribution >= 0.6 is 12.6 Å². The zero-order valence-corrected chi connectivity index (χ0v) is 8.09. The van der Waals surface area contributed by atoms with E-state index >= 15 is 0 Å². The third kappa shape index (κ3) is 7.91. The summed E-state index contributed by atoms with van der Waals surface area (Å²) >= 11 is 4.04. The van der Waals surface area contributed by atoms with Crippen LogP contribution < -0.4 is 0 Å². The minimum absolute atomic E-state index is 0.246. The van der Waals surface area contributed by atoms with Gasteiger partial charge in [-0.2, -0.15) is 12.6 Å². The topological polar surface area (TPSA) is 23.5 Å². The summed E-state index contributed by atoms with van der Waals surface area (Å²) < 4.78 is 0. The van der Waals surface area contributed by atoms with Gasteiger partial charge in [0, 0.05) is 18.8 Å². The second-order valence-electron chi connectivity index (χ2n) is 2.72. The molecule has 1 N–H and O–H groups in total. The summed E-state index contributed by atoms with van der Waals surface area (Å²) in [7, 11) is 1.98. The summed E-state index contributed by atoms with van der Waals surface area (Å²) in [6, 6.07) is 0. The second-order valence-corrected chi connectivity index (χ2v) is 3.09. The molecule has 1 unspecified atom stereocenters. The molecule has 3 heteroatoms. The van der Waals surface area contributed by atoms with Gasteiger partial charge in [0.25, 0.3) is 0 Å². The number of hydrogen-bond acceptors (Lipinski definition) is 3. The number of thiol groups is 1. The molecule has 66 valence electrons. The smallest absolute Gasteiger partial charge is 0.0639 e. The van der Waals surface area contributed by atoms with Crippen molar-refractivity contribution in [3.05, 3.63) is 12.2 Å². The third-order valence-corrected chi connectivity index (χ3v) is 1.48. The SMILES string of the molecule is CC(O)CN(C)CC=CCS. The van der Waals surface area contributed by atoms with E-state index in [0.717, 1.165) is 18.8 Å². The van der Waals surface area contributed by atoms with Gasteiger partial charge in [-0.05, 0) is 14.0 Å². The standard InChI is InChI=1S/C8H17NOS/c1-8(10)7-9(2)5-3-4-6-11/h3-4,8,10-11H,5-7H2,1-2H3. The van der Waals surface area contributed by atoms with Crippen molar-refractivity contribution in [2.24, 2.45) is 0 Å². The molecule has 0 aliphatic carbocycles. The fourth-order valence-corrected chi connectivity index (χ4v) is 1.00. The molecule has 11 heavy (non-hydrogen) atoms. The maximum Gasteiger partial charge on any atom is 0.0639 e. The lowest BCUT2D eigenvalue weighted by atomic mass is 10.3. The van der Waals surface area contributed by atoms with Crippen LogP contribution in [0, 0.1) is 0 Å². The Morgan fingerprint density at radius 2 is 2.18 bits per heavy atom. The summed E-state index contributed by atoms with van der Waals surface area (Å²) in [5.74, 6) is 0.780. The maximum absolute atomic E-state index is 9.00. The van der Waals surface area contributed by atoms with Gasteiger partial charge in [-0.1, -0.05) is 12.2 Å². The minimum Gasteiger partial charge on any atom is -0.392 e. The van der Waals surface area contributed by atoms with Crippen LogP contribution in [0.3, 0.4) is 0 Å². The second kappa shape index (κ2) is 6.70.